The van der Waals surface area contributed by atoms with E-state index in [1.165, 1.54) is 12.1 Å². The fourth-order valence-corrected chi connectivity index (χ4v) is 0.937. The Morgan fingerprint density at radius 3 is 1.94 bits per heavy atom. The molecule has 18 heavy (non-hydrogen) atoms. The molecule has 0 bridgehead atoms. The first-order valence-corrected chi connectivity index (χ1v) is 6.03. The standard InChI is InChI=1S/C6H5NO2.C5H13NO.C2H6/c8-7(9)6-4-2-1-3-5-6;1-6(2)4-3-5-7;1-2/h1-5H;7H,3-5H2,1-2H3;1-2H3. The Morgan fingerprint density at radius 2 is 1.72 bits per heavy atom. The lowest BCUT2D eigenvalue weighted by Crippen LogP contribution is -2.13. The molecule has 0 saturated carbocycles. The predicted octanol–water partition coefficient (Wildman–Crippen LogP) is 2.55. The van der Waals surface area contributed by atoms with Gasteiger partial charge in [0.15, 0.2) is 0 Å². The van der Waals surface area contributed by atoms with Crippen LogP contribution in [0.3, 0.4) is 0 Å². The summed E-state index contributed by atoms with van der Waals surface area (Å²) < 4.78 is 0. The van der Waals surface area contributed by atoms with Gasteiger partial charge in [0.05, 0.1) is 4.92 Å². The average molecular weight is 256 g/mol. The van der Waals surface area contributed by atoms with Crippen molar-refractivity contribution >= 4 is 5.69 Å². The van der Waals surface area contributed by atoms with Gasteiger partial charge < -0.3 is 10.0 Å². The van der Waals surface area contributed by atoms with Gasteiger partial charge in [0.25, 0.3) is 5.69 Å². The van der Waals surface area contributed by atoms with Crippen LogP contribution >= 0.6 is 0 Å². The van der Waals surface area contributed by atoms with Crippen molar-refractivity contribution in [1.82, 2.24) is 4.90 Å². The van der Waals surface area contributed by atoms with Crippen LogP contribution in [0, 0.1) is 10.1 Å². The first-order valence-electron chi connectivity index (χ1n) is 6.03. The van der Waals surface area contributed by atoms with Crippen LogP contribution in [0.1, 0.15) is 20.3 Å². The number of aliphatic hydroxyl groups is 1. The van der Waals surface area contributed by atoms with E-state index in [1.807, 2.05) is 27.9 Å². The SMILES string of the molecule is CC.CN(C)CCCO.O=[N+]([O-])c1ccccc1. The van der Waals surface area contributed by atoms with Crippen molar-refractivity contribution in [3.05, 3.63) is 40.4 Å². The number of hydrogen-bond donors (Lipinski definition) is 1. The average Bonchev–Trinajstić information content (AvgIpc) is 2.40. The van der Waals surface area contributed by atoms with Crippen molar-refractivity contribution in [3.63, 3.8) is 0 Å². The van der Waals surface area contributed by atoms with Crippen LogP contribution in [0.5, 0.6) is 0 Å². The van der Waals surface area contributed by atoms with Crippen molar-refractivity contribution in [2.75, 3.05) is 27.2 Å². The highest BCUT2D eigenvalue weighted by atomic mass is 16.6. The second-order valence-electron chi connectivity index (χ2n) is 3.47. The van der Waals surface area contributed by atoms with Gasteiger partial charge in [-0.1, -0.05) is 32.0 Å². The van der Waals surface area contributed by atoms with Crippen molar-refractivity contribution < 1.29 is 10.0 Å². The van der Waals surface area contributed by atoms with E-state index in [4.69, 9.17) is 5.11 Å². The predicted molar refractivity (Wildman–Crippen MR) is 74.7 cm³/mol. The van der Waals surface area contributed by atoms with E-state index in [0.29, 0.717) is 6.61 Å². The van der Waals surface area contributed by atoms with Crippen molar-refractivity contribution in [3.8, 4) is 0 Å². The summed E-state index contributed by atoms with van der Waals surface area (Å²) >= 11 is 0. The molecular formula is C13H24N2O3. The maximum Gasteiger partial charge on any atom is 0.269 e. The van der Waals surface area contributed by atoms with Crippen LogP contribution in [0.2, 0.25) is 0 Å². The van der Waals surface area contributed by atoms with Gasteiger partial charge in [0, 0.05) is 18.7 Å². The van der Waals surface area contributed by atoms with Gasteiger partial charge in [-0.15, -0.1) is 0 Å². The number of non-ortho nitro benzene ring substituents is 1. The lowest BCUT2D eigenvalue weighted by atomic mass is 10.3. The summed E-state index contributed by atoms with van der Waals surface area (Å²) in [6.45, 7) is 5.29. The zero-order valence-electron chi connectivity index (χ0n) is 11.7. The molecule has 0 saturated heterocycles. The number of nitro groups is 1. The van der Waals surface area contributed by atoms with Crippen LogP contribution in [0.4, 0.5) is 5.69 Å². The second kappa shape index (κ2) is 13.6. The van der Waals surface area contributed by atoms with Crippen LogP contribution in [-0.2, 0) is 0 Å². The van der Waals surface area contributed by atoms with E-state index in [1.54, 1.807) is 18.2 Å². The maximum atomic E-state index is 10.0. The number of para-hydroxylation sites is 1. The van der Waals surface area contributed by atoms with E-state index in [9.17, 15) is 10.1 Å². The number of hydrogen-bond acceptors (Lipinski definition) is 4. The third kappa shape index (κ3) is 12.6. The second-order valence-corrected chi connectivity index (χ2v) is 3.47. The Kier molecular flexibility index (Phi) is 14.3. The lowest BCUT2D eigenvalue weighted by molar-refractivity contribution is -0.384. The van der Waals surface area contributed by atoms with E-state index < -0.39 is 4.92 Å². The summed E-state index contributed by atoms with van der Waals surface area (Å²) in [6.07, 6.45) is 0.882. The molecular weight excluding hydrogens is 232 g/mol. The van der Waals surface area contributed by atoms with Gasteiger partial charge in [0.1, 0.15) is 0 Å². The molecule has 1 aromatic rings. The molecule has 1 N–H and O–H groups in total. The first kappa shape index (κ1) is 18.9. The fourth-order valence-electron chi connectivity index (χ4n) is 0.937. The molecule has 0 aliphatic carbocycles. The van der Waals surface area contributed by atoms with E-state index >= 15 is 0 Å². The lowest BCUT2D eigenvalue weighted by Gasteiger charge is -2.05. The minimum Gasteiger partial charge on any atom is -0.396 e. The summed E-state index contributed by atoms with van der Waals surface area (Å²) in [5.41, 5.74) is 0.137. The topological polar surface area (TPSA) is 66.6 Å². The maximum absolute atomic E-state index is 10.0. The highest BCUT2D eigenvalue weighted by Crippen LogP contribution is 2.06. The molecule has 0 heterocycles. The molecule has 5 nitrogen and oxygen atoms in total. The summed E-state index contributed by atoms with van der Waals surface area (Å²) in [5.74, 6) is 0. The highest BCUT2D eigenvalue weighted by Gasteiger charge is 1.98. The number of aliphatic hydroxyl groups excluding tert-OH is 1. The Bertz CT molecular complexity index is 290. The molecule has 0 aromatic heterocycles. The summed E-state index contributed by atoms with van der Waals surface area (Å²) in [7, 11) is 3.99. The molecule has 0 atom stereocenters. The molecule has 1 aromatic carbocycles. The van der Waals surface area contributed by atoms with Gasteiger partial charge in [-0.05, 0) is 27.1 Å². The van der Waals surface area contributed by atoms with Crippen LogP contribution in [-0.4, -0.2) is 42.2 Å². The van der Waals surface area contributed by atoms with Gasteiger partial charge >= 0.3 is 0 Å². The molecule has 0 radical (unpaired) electrons. The Morgan fingerprint density at radius 1 is 1.22 bits per heavy atom. The molecule has 104 valence electrons. The van der Waals surface area contributed by atoms with Gasteiger partial charge in [-0.2, -0.15) is 0 Å². The van der Waals surface area contributed by atoms with Gasteiger partial charge in [-0.3, -0.25) is 10.1 Å². The molecule has 0 amide bonds. The monoisotopic (exact) mass is 256 g/mol. The fraction of sp³-hybridized carbons (Fsp3) is 0.538. The minimum atomic E-state index is -0.417. The summed E-state index contributed by atoms with van der Waals surface area (Å²) in [6, 6.07) is 7.93. The molecule has 0 fully saturated rings. The first-order chi connectivity index (χ1) is 8.57. The molecule has 0 unspecified atom stereocenters. The van der Waals surface area contributed by atoms with Gasteiger partial charge in [0.2, 0.25) is 0 Å². The normalized spacial score (nSPS) is 8.78. The molecule has 5 heteroatoms. The highest BCUT2D eigenvalue weighted by molar-refractivity contribution is 5.27. The van der Waals surface area contributed by atoms with E-state index in [2.05, 4.69) is 4.90 Å². The smallest absolute Gasteiger partial charge is 0.269 e. The van der Waals surface area contributed by atoms with Gasteiger partial charge in [-0.25, -0.2) is 0 Å². The van der Waals surface area contributed by atoms with Crippen LogP contribution in [0.15, 0.2) is 30.3 Å². The zero-order valence-corrected chi connectivity index (χ0v) is 11.7. The Labute approximate surface area is 109 Å². The molecule has 0 spiro atoms. The molecule has 0 aliphatic rings. The zero-order chi connectivity index (χ0) is 14.4. The Balaban J connectivity index is 0. The van der Waals surface area contributed by atoms with Crippen LogP contribution in [0.25, 0.3) is 0 Å². The number of benzene rings is 1. The third-order valence-electron chi connectivity index (χ3n) is 1.73. The third-order valence-corrected chi connectivity index (χ3v) is 1.73. The quantitative estimate of drug-likeness (QED) is 0.664. The molecule has 1 rings (SSSR count). The largest absolute Gasteiger partial charge is 0.396 e. The van der Waals surface area contributed by atoms with E-state index in [0.717, 1.165) is 13.0 Å². The van der Waals surface area contributed by atoms with E-state index in [-0.39, 0.29) is 5.69 Å². The summed E-state index contributed by atoms with van der Waals surface area (Å²) in [4.78, 5) is 11.6. The van der Waals surface area contributed by atoms with Crippen molar-refractivity contribution in [2.45, 2.75) is 20.3 Å². The molecule has 0 aliphatic heterocycles. The number of nitrogens with zero attached hydrogens (tertiary/aromatic N) is 2. The Hall–Kier alpha value is -1.46. The number of rotatable bonds is 4. The van der Waals surface area contributed by atoms with Crippen molar-refractivity contribution in [1.29, 1.82) is 0 Å². The summed E-state index contributed by atoms with van der Waals surface area (Å²) in [5, 5.41) is 18.3. The van der Waals surface area contributed by atoms with Crippen molar-refractivity contribution in [2.24, 2.45) is 0 Å². The minimum absolute atomic E-state index is 0.137. The number of nitro benzene ring substituents is 1. The van der Waals surface area contributed by atoms with Crippen LogP contribution < -0.4 is 0 Å².